The van der Waals surface area contributed by atoms with Gasteiger partial charge in [-0.2, -0.15) is 0 Å². The van der Waals surface area contributed by atoms with E-state index in [0.29, 0.717) is 17.2 Å². The Bertz CT molecular complexity index is 366. The van der Waals surface area contributed by atoms with Crippen molar-refractivity contribution in [2.24, 2.45) is 0 Å². The van der Waals surface area contributed by atoms with Crippen LogP contribution in [0.1, 0.15) is 13.3 Å². The zero-order valence-electron chi connectivity index (χ0n) is 9.74. The van der Waals surface area contributed by atoms with E-state index < -0.39 is 6.10 Å². The van der Waals surface area contributed by atoms with Gasteiger partial charge in [0.15, 0.2) is 6.10 Å². The monoisotopic (exact) mass is 241 g/mol. The van der Waals surface area contributed by atoms with E-state index in [0.717, 1.165) is 0 Å². The highest BCUT2D eigenvalue weighted by molar-refractivity contribution is 6.30. The number of hydrogen-bond acceptors (Lipinski definition) is 2. The van der Waals surface area contributed by atoms with Gasteiger partial charge >= 0.3 is 0 Å². The van der Waals surface area contributed by atoms with Crippen LogP contribution in [0.3, 0.4) is 0 Å². The van der Waals surface area contributed by atoms with Crippen LogP contribution in [0.2, 0.25) is 5.02 Å². The summed E-state index contributed by atoms with van der Waals surface area (Å²) in [5.74, 6) is 0.581. The van der Waals surface area contributed by atoms with E-state index in [9.17, 15) is 4.79 Å². The first-order valence-electron chi connectivity index (χ1n) is 5.18. The molecule has 0 saturated heterocycles. The number of halogens is 1. The SMILES string of the molecule is CC[C@@H](Oc1cccc(Cl)c1)C(=O)N(C)C. The lowest BCUT2D eigenvalue weighted by Crippen LogP contribution is -2.37. The summed E-state index contributed by atoms with van der Waals surface area (Å²) < 4.78 is 5.59. The van der Waals surface area contributed by atoms with Crippen molar-refractivity contribution >= 4 is 17.5 Å². The number of amides is 1. The second-order valence-electron chi connectivity index (χ2n) is 3.70. The van der Waals surface area contributed by atoms with Crippen LogP contribution in [0.25, 0.3) is 0 Å². The summed E-state index contributed by atoms with van der Waals surface area (Å²) in [5, 5.41) is 0.602. The summed E-state index contributed by atoms with van der Waals surface area (Å²) in [5.41, 5.74) is 0. The molecule has 0 aliphatic carbocycles. The fourth-order valence-electron chi connectivity index (χ4n) is 1.30. The van der Waals surface area contributed by atoms with Gasteiger partial charge in [0.1, 0.15) is 5.75 Å². The fraction of sp³-hybridized carbons (Fsp3) is 0.417. The topological polar surface area (TPSA) is 29.5 Å². The van der Waals surface area contributed by atoms with Crippen LogP contribution in [0, 0.1) is 0 Å². The molecule has 1 aromatic rings. The molecule has 88 valence electrons. The van der Waals surface area contributed by atoms with E-state index in [1.807, 2.05) is 6.92 Å². The normalized spacial score (nSPS) is 12.0. The molecular formula is C12H16ClNO2. The largest absolute Gasteiger partial charge is 0.481 e. The van der Waals surface area contributed by atoms with Crippen molar-refractivity contribution in [3.05, 3.63) is 29.3 Å². The third-order valence-corrected chi connectivity index (χ3v) is 2.40. The number of carbonyl (C=O) groups is 1. The molecule has 0 bridgehead atoms. The van der Waals surface area contributed by atoms with Crippen molar-refractivity contribution in [2.45, 2.75) is 19.4 Å². The standard InChI is InChI=1S/C12H16ClNO2/c1-4-11(12(15)14(2)3)16-10-7-5-6-9(13)8-10/h5-8,11H,4H2,1-3H3/t11-/m1/s1. The molecule has 0 N–H and O–H groups in total. The van der Waals surface area contributed by atoms with Crippen LogP contribution in [-0.2, 0) is 4.79 Å². The summed E-state index contributed by atoms with van der Waals surface area (Å²) in [6, 6.07) is 7.05. The van der Waals surface area contributed by atoms with E-state index in [1.54, 1.807) is 38.4 Å². The van der Waals surface area contributed by atoms with Gasteiger partial charge in [0.05, 0.1) is 0 Å². The number of rotatable bonds is 4. The Labute approximate surface area is 101 Å². The first-order valence-corrected chi connectivity index (χ1v) is 5.55. The summed E-state index contributed by atoms with van der Waals surface area (Å²) in [6.07, 6.45) is 0.178. The van der Waals surface area contributed by atoms with Crippen molar-refractivity contribution in [1.29, 1.82) is 0 Å². The maximum absolute atomic E-state index is 11.7. The molecule has 0 aliphatic rings. The van der Waals surface area contributed by atoms with Gasteiger partial charge in [0.2, 0.25) is 0 Å². The van der Waals surface area contributed by atoms with Gasteiger partial charge in [0.25, 0.3) is 5.91 Å². The van der Waals surface area contributed by atoms with E-state index in [1.165, 1.54) is 4.90 Å². The van der Waals surface area contributed by atoms with E-state index in [2.05, 4.69) is 0 Å². The predicted molar refractivity (Wildman–Crippen MR) is 64.9 cm³/mol. The Balaban J connectivity index is 2.74. The first kappa shape index (κ1) is 12.8. The molecule has 4 heteroatoms. The zero-order valence-corrected chi connectivity index (χ0v) is 10.5. The molecule has 0 unspecified atom stereocenters. The van der Waals surface area contributed by atoms with E-state index >= 15 is 0 Å². The van der Waals surface area contributed by atoms with Gasteiger partial charge in [-0.1, -0.05) is 24.6 Å². The van der Waals surface area contributed by atoms with Crippen LogP contribution in [0.15, 0.2) is 24.3 Å². The van der Waals surface area contributed by atoms with E-state index in [-0.39, 0.29) is 5.91 Å². The third-order valence-electron chi connectivity index (χ3n) is 2.16. The quantitative estimate of drug-likeness (QED) is 0.811. The molecule has 3 nitrogen and oxygen atoms in total. The molecule has 0 aromatic heterocycles. The molecule has 0 aliphatic heterocycles. The fourth-order valence-corrected chi connectivity index (χ4v) is 1.48. The van der Waals surface area contributed by atoms with Gasteiger partial charge in [0, 0.05) is 19.1 Å². The number of benzene rings is 1. The minimum Gasteiger partial charge on any atom is -0.481 e. The van der Waals surface area contributed by atoms with Crippen LogP contribution < -0.4 is 4.74 Å². The van der Waals surface area contributed by atoms with Crippen molar-refractivity contribution in [3.8, 4) is 5.75 Å². The first-order chi connectivity index (χ1) is 7.54. The second-order valence-corrected chi connectivity index (χ2v) is 4.14. The molecule has 0 spiro atoms. The second kappa shape index (κ2) is 5.75. The smallest absolute Gasteiger partial charge is 0.263 e. The Morgan fingerprint density at radius 1 is 1.50 bits per heavy atom. The molecule has 0 heterocycles. The van der Waals surface area contributed by atoms with Crippen LogP contribution in [0.5, 0.6) is 5.75 Å². The lowest BCUT2D eigenvalue weighted by atomic mass is 10.2. The Morgan fingerprint density at radius 3 is 2.69 bits per heavy atom. The van der Waals surface area contributed by atoms with Gasteiger partial charge in [-0.3, -0.25) is 4.79 Å². The van der Waals surface area contributed by atoms with Gasteiger partial charge in [-0.25, -0.2) is 0 Å². The number of hydrogen-bond donors (Lipinski definition) is 0. The predicted octanol–water partition coefficient (Wildman–Crippen LogP) is 2.59. The summed E-state index contributed by atoms with van der Waals surface area (Å²) in [6.45, 7) is 1.91. The molecule has 0 saturated carbocycles. The highest BCUT2D eigenvalue weighted by Gasteiger charge is 2.19. The maximum Gasteiger partial charge on any atom is 0.263 e. The van der Waals surface area contributed by atoms with Crippen molar-refractivity contribution in [1.82, 2.24) is 4.90 Å². The minimum absolute atomic E-state index is 0.0394. The lowest BCUT2D eigenvalue weighted by molar-refractivity contribution is -0.136. The third kappa shape index (κ3) is 3.42. The molecule has 1 rings (SSSR count). The lowest BCUT2D eigenvalue weighted by Gasteiger charge is -2.20. The van der Waals surface area contributed by atoms with Crippen molar-refractivity contribution < 1.29 is 9.53 Å². The van der Waals surface area contributed by atoms with Crippen LogP contribution >= 0.6 is 11.6 Å². The van der Waals surface area contributed by atoms with Gasteiger partial charge in [-0.15, -0.1) is 0 Å². The van der Waals surface area contributed by atoms with E-state index in [4.69, 9.17) is 16.3 Å². The van der Waals surface area contributed by atoms with Crippen molar-refractivity contribution in [2.75, 3.05) is 14.1 Å². The Kier molecular flexibility index (Phi) is 4.62. The molecule has 1 aromatic carbocycles. The highest BCUT2D eigenvalue weighted by Crippen LogP contribution is 2.19. The number of ether oxygens (including phenoxy) is 1. The molecular weight excluding hydrogens is 226 g/mol. The molecule has 0 radical (unpaired) electrons. The number of likely N-dealkylation sites (N-methyl/N-ethyl adjacent to an activating group) is 1. The molecule has 1 atom stereocenters. The van der Waals surface area contributed by atoms with Crippen LogP contribution in [-0.4, -0.2) is 31.0 Å². The maximum atomic E-state index is 11.7. The zero-order chi connectivity index (χ0) is 12.1. The van der Waals surface area contributed by atoms with Crippen LogP contribution in [0.4, 0.5) is 0 Å². The van der Waals surface area contributed by atoms with Gasteiger partial charge in [-0.05, 0) is 24.6 Å². The highest BCUT2D eigenvalue weighted by atomic mass is 35.5. The average molecular weight is 242 g/mol. The van der Waals surface area contributed by atoms with Gasteiger partial charge < -0.3 is 9.64 Å². The average Bonchev–Trinajstić information content (AvgIpc) is 2.25. The molecule has 16 heavy (non-hydrogen) atoms. The molecule has 1 amide bonds. The summed E-state index contributed by atoms with van der Waals surface area (Å²) in [7, 11) is 3.43. The van der Waals surface area contributed by atoms with Crippen molar-refractivity contribution in [3.63, 3.8) is 0 Å². The Hall–Kier alpha value is -1.22. The number of nitrogens with zero attached hydrogens (tertiary/aromatic N) is 1. The Morgan fingerprint density at radius 2 is 2.19 bits per heavy atom. The molecule has 0 fully saturated rings. The summed E-state index contributed by atoms with van der Waals surface area (Å²) >= 11 is 5.84. The number of carbonyl (C=O) groups excluding carboxylic acids is 1. The minimum atomic E-state index is -0.450. The summed E-state index contributed by atoms with van der Waals surface area (Å²) in [4.78, 5) is 13.3.